The van der Waals surface area contributed by atoms with Crippen LogP contribution in [0.15, 0.2) is 16.6 Å². The third kappa shape index (κ3) is 1.12. The molecule has 0 aromatic carbocycles. The van der Waals surface area contributed by atoms with Crippen molar-refractivity contribution >= 4 is 12.1 Å². The van der Waals surface area contributed by atoms with E-state index in [0.717, 1.165) is 19.5 Å². The van der Waals surface area contributed by atoms with E-state index >= 15 is 0 Å². The Labute approximate surface area is 65.2 Å². The third-order valence-electron chi connectivity index (χ3n) is 2.17. The summed E-state index contributed by atoms with van der Waals surface area (Å²) in [4.78, 5) is 14.9. The van der Waals surface area contributed by atoms with E-state index in [2.05, 4.69) is 10.3 Å². The Hall–Kier alpha value is -0.960. The summed E-state index contributed by atoms with van der Waals surface area (Å²) < 4.78 is 0. The zero-order chi connectivity index (χ0) is 7.68. The van der Waals surface area contributed by atoms with Gasteiger partial charge in [0.15, 0.2) is 0 Å². The lowest BCUT2D eigenvalue weighted by molar-refractivity contribution is -0.120. The lowest BCUT2D eigenvalue weighted by Gasteiger charge is -2.24. The highest BCUT2D eigenvalue weighted by Crippen LogP contribution is 2.21. The molecule has 1 amide bonds. The van der Waals surface area contributed by atoms with Gasteiger partial charge < -0.3 is 5.32 Å². The first kappa shape index (κ1) is 6.73. The predicted octanol–water partition coefficient (Wildman–Crippen LogP) is 0.133. The van der Waals surface area contributed by atoms with Gasteiger partial charge in [-0.05, 0) is 24.6 Å². The van der Waals surface area contributed by atoms with Gasteiger partial charge in [0.2, 0.25) is 0 Å². The zero-order valence-electron chi connectivity index (χ0n) is 6.21. The minimum Gasteiger partial charge on any atom is -0.313 e. The first-order valence-electron chi connectivity index (χ1n) is 3.85. The number of nitrogens with zero attached hydrogens (tertiary/aromatic N) is 1. The van der Waals surface area contributed by atoms with Crippen LogP contribution in [0.2, 0.25) is 0 Å². The molecule has 1 atom stereocenters. The third-order valence-corrected chi connectivity index (χ3v) is 2.17. The molecule has 0 saturated carbocycles. The average Bonchev–Trinajstić information content (AvgIpc) is 2.06. The van der Waals surface area contributed by atoms with Crippen LogP contribution < -0.4 is 5.32 Å². The van der Waals surface area contributed by atoms with Gasteiger partial charge in [0.25, 0.3) is 5.91 Å². The minimum absolute atomic E-state index is 0.0315. The van der Waals surface area contributed by atoms with Crippen LogP contribution in [0.3, 0.4) is 0 Å². The Balaban J connectivity index is 2.25. The molecule has 0 aromatic heterocycles. The summed E-state index contributed by atoms with van der Waals surface area (Å²) in [6.45, 7) is 1.78. The number of fused-ring (bicyclic) bond motifs is 1. The SMILES string of the molecule is O=C1N=CC=C2CNCCC12. The Morgan fingerprint density at radius 3 is 3.36 bits per heavy atom. The second-order valence-corrected chi connectivity index (χ2v) is 2.88. The van der Waals surface area contributed by atoms with Crippen LogP contribution in [0.25, 0.3) is 0 Å². The highest BCUT2D eigenvalue weighted by molar-refractivity contribution is 5.95. The van der Waals surface area contributed by atoms with Crippen molar-refractivity contribution < 1.29 is 4.79 Å². The summed E-state index contributed by atoms with van der Waals surface area (Å²) in [5, 5.41) is 3.22. The van der Waals surface area contributed by atoms with Gasteiger partial charge in [-0.25, -0.2) is 4.99 Å². The van der Waals surface area contributed by atoms with E-state index in [0.29, 0.717) is 0 Å². The van der Waals surface area contributed by atoms with Crippen molar-refractivity contribution in [3.63, 3.8) is 0 Å². The summed E-state index contributed by atoms with van der Waals surface area (Å²) in [6, 6.07) is 0. The first-order chi connectivity index (χ1) is 5.38. The molecule has 0 bridgehead atoms. The molecule has 0 spiro atoms. The molecule has 3 nitrogen and oxygen atoms in total. The fraction of sp³-hybridized carbons (Fsp3) is 0.500. The fourth-order valence-corrected chi connectivity index (χ4v) is 1.54. The number of piperidine rings is 1. The number of hydrogen-bond acceptors (Lipinski definition) is 2. The van der Waals surface area contributed by atoms with Crippen molar-refractivity contribution in [3.8, 4) is 0 Å². The van der Waals surface area contributed by atoms with E-state index in [-0.39, 0.29) is 11.8 Å². The predicted molar refractivity (Wildman–Crippen MR) is 42.6 cm³/mol. The Morgan fingerprint density at radius 2 is 2.55 bits per heavy atom. The molecule has 1 N–H and O–H groups in total. The van der Waals surface area contributed by atoms with Crippen LogP contribution in [-0.2, 0) is 4.79 Å². The van der Waals surface area contributed by atoms with E-state index in [1.165, 1.54) is 5.57 Å². The van der Waals surface area contributed by atoms with E-state index in [4.69, 9.17) is 0 Å². The summed E-state index contributed by atoms with van der Waals surface area (Å²) in [6.07, 6.45) is 4.45. The van der Waals surface area contributed by atoms with Crippen molar-refractivity contribution in [2.45, 2.75) is 6.42 Å². The van der Waals surface area contributed by atoms with Crippen LogP contribution in [0, 0.1) is 5.92 Å². The highest BCUT2D eigenvalue weighted by Gasteiger charge is 2.26. The van der Waals surface area contributed by atoms with E-state index in [1.807, 2.05) is 6.08 Å². The second-order valence-electron chi connectivity index (χ2n) is 2.88. The average molecular weight is 150 g/mol. The Morgan fingerprint density at radius 1 is 1.64 bits per heavy atom. The molecular formula is C8H10N2O. The van der Waals surface area contributed by atoms with Crippen molar-refractivity contribution in [2.75, 3.05) is 13.1 Å². The normalized spacial score (nSPS) is 29.6. The quantitative estimate of drug-likeness (QED) is 0.533. The fourth-order valence-electron chi connectivity index (χ4n) is 1.54. The van der Waals surface area contributed by atoms with Crippen LogP contribution in [0.1, 0.15) is 6.42 Å². The molecule has 0 radical (unpaired) electrons. The van der Waals surface area contributed by atoms with Crippen LogP contribution >= 0.6 is 0 Å². The number of amides is 1. The number of nitrogens with one attached hydrogen (secondary N) is 1. The van der Waals surface area contributed by atoms with Gasteiger partial charge >= 0.3 is 0 Å². The number of carbonyl (C=O) groups excluding carboxylic acids is 1. The Bertz CT molecular complexity index is 242. The number of dihydropyridines is 1. The van der Waals surface area contributed by atoms with Gasteiger partial charge in [-0.3, -0.25) is 4.79 Å². The minimum atomic E-state index is 0.0315. The zero-order valence-corrected chi connectivity index (χ0v) is 6.21. The first-order valence-corrected chi connectivity index (χ1v) is 3.85. The van der Waals surface area contributed by atoms with Gasteiger partial charge in [0, 0.05) is 12.8 Å². The summed E-state index contributed by atoms with van der Waals surface area (Å²) in [5.41, 5.74) is 1.19. The molecule has 0 aliphatic carbocycles. The number of rotatable bonds is 0. The molecule has 3 heteroatoms. The summed E-state index contributed by atoms with van der Waals surface area (Å²) >= 11 is 0. The molecule has 58 valence electrons. The van der Waals surface area contributed by atoms with E-state index < -0.39 is 0 Å². The smallest absolute Gasteiger partial charge is 0.252 e. The van der Waals surface area contributed by atoms with Crippen molar-refractivity contribution in [3.05, 3.63) is 11.6 Å². The number of allylic oxidation sites excluding steroid dienone is 1. The summed E-state index contributed by atoms with van der Waals surface area (Å²) in [7, 11) is 0. The number of aliphatic imine (C=N–C) groups is 1. The topological polar surface area (TPSA) is 41.5 Å². The van der Waals surface area contributed by atoms with Crippen LogP contribution in [0.4, 0.5) is 0 Å². The molecule has 2 aliphatic rings. The molecule has 1 saturated heterocycles. The monoisotopic (exact) mass is 150 g/mol. The Kier molecular flexibility index (Phi) is 1.58. The molecule has 1 fully saturated rings. The molecular weight excluding hydrogens is 140 g/mol. The maximum atomic E-state index is 11.2. The van der Waals surface area contributed by atoms with Crippen LogP contribution in [-0.4, -0.2) is 25.2 Å². The van der Waals surface area contributed by atoms with Gasteiger partial charge in [0.1, 0.15) is 0 Å². The summed E-state index contributed by atoms with van der Waals surface area (Å²) in [5.74, 6) is 0.116. The molecule has 1 unspecified atom stereocenters. The molecule has 2 rings (SSSR count). The van der Waals surface area contributed by atoms with Gasteiger partial charge in [-0.1, -0.05) is 0 Å². The number of carbonyl (C=O) groups is 1. The number of hydrogen-bond donors (Lipinski definition) is 1. The largest absolute Gasteiger partial charge is 0.313 e. The van der Waals surface area contributed by atoms with Crippen molar-refractivity contribution in [2.24, 2.45) is 10.9 Å². The lowest BCUT2D eigenvalue weighted by Crippen LogP contribution is -2.35. The second kappa shape index (κ2) is 2.58. The maximum Gasteiger partial charge on any atom is 0.252 e. The lowest BCUT2D eigenvalue weighted by atomic mass is 9.90. The van der Waals surface area contributed by atoms with Crippen molar-refractivity contribution in [1.29, 1.82) is 0 Å². The van der Waals surface area contributed by atoms with Crippen molar-refractivity contribution in [1.82, 2.24) is 5.32 Å². The standard InChI is InChI=1S/C8H10N2O/c11-8-7-2-3-9-5-6(7)1-4-10-8/h1,4,7,9H,2-3,5H2. The van der Waals surface area contributed by atoms with Gasteiger partial charge in [-0.2, -0.15) is 0 Å². The highest BCUT2D eigenvalue weighted by atomic mass is 16.1. The van der Waals surface area contributed by atoms with Gasteiger partial charge in [-0.15, -0.1) is 0 Å². The molecule has 2 aliphatic heterocycles. The molecule has 2 heterocycles. The van der Waals surface area contributed by atoms with E-state index in [9.17, 15) is 4.79 Å². The van der Waals surface area contributed by atoms with E-state index in [1.54, 1.807) is 6.21 Å². The van der Waals surface area contributed by atoms with Crippen LogP contribution in [0.5, 0.6) is 0 Å². The molecule has 0 aromatic rings. The maximum absolute atomic E-state index is 11.2. The molecule has 11 heavy (non-hydrogen) atoms. The van der Waals surface area contributed by atoms with Gasteiger partial charge in [0.05, 0.1) is 5.92 Å².